The predicted molar refractivity (Wildman–Crippen MR) is 59.8 cm³/mol. The van der Waals surface area contributed by atoms with Crippen molar-refractivity contribution < 1.29 is 0 Å². The molecule has 1 N–H and O–H groups in total. The summed E-state index contributed by atoms with van der Waals surface area (Å²) >= 11 is 0. The van der Waals surface area contributed by atoms with Gasteiger partial charge in [-0.25, -0.2) is 0 Å². The molecule has 0 fully saturated rings. The van der Waals surface area contributed by atoms with Crippen LogP contribution in [0.4, 0.5) is 0 Å². The summed E-state index contributed by atoms with van der Waals surface area (Å²) in [6.45, 7) is 4.50. The van der Waals surface area contributed by atoms with Gasteiger partial charge in [0.2, 0.25) is 0 Å². The topological polar surface area (TPSA) is 48.0 Å². The monoisotopic (exact) mass is 209 g/mol. The second-order valence-electron chi connectivity index (χ2n) is 3.52. The van der Waals surface area contributed by atoms with Gasteiger partial charge in [-0.2, -0.15) is 15.4 Å². The highest BCUT2D eigenvalue weighted by Crippen LogP contribution is 2.04. The molecule has 0 unspecified atom stereocenters. The standard InChI is InChI=1S/C8H16N2.C2H3N3/c1-3-4-5-10-7-6-9(2)8-10;1-2-4-5-3-1/h6-7H,3-5,8H2,1-2H3;1-2H,(H,3,4,5). The molecule has 0 bridgehead atoms. The van der Waals surface area contributed by atoms with Crippen LogP contribution in [0, 0.1) is 0 Å². The summed E-state index contributed by atoms with van der Waals surface area (Å²) in [7, 11) is 2.10. The van der Waals surface area contributed by atoms with Gasteiger partial charge in [0.1, 0.15) is 0 Å². The molecule has 0 saturated carbocycles. The summed E-state index contributed by atoms with van der Waals surface area (Å²) < 4.78 is 0. The van der Waals surface area contributed by atoms with Gasteiger partial charge in [-0.1, -0.05) is 13.3 Å². The zero-order valence-electron chi connectivity index (χ0n) is 9.43. The van der Waals surface area contributed by atoms with Crippen LogP contribution in [-0.4, -0.2) is 45.5 Å². The average molecular weight is 209 g/mol. The van der Waals surface area contributed by atoms with Crippen LogP contribution in [0.3, 0.4) is 0 Å². The van der Waals surface area contributed by atoms with Crippen molar-refractivity contribution in [3.05, 3.63) is 24.8 Å². The van der Waals surface area contributed by atoms with Gasteiger partial charge < -0.3 is 9.80 Å². The number of aromatic amines is 1. The Labute approximate surface area is 90.8 Å². The highest BCUT2D eigenvalue weighted by Gasteiger charge is 2.05. The van der Waals surface area contributed by atoms with Crippen LogP contribution >= 0.6 is 0 Å². The van der Waals surface area contributed by atoms with Crippen LogP contribution in [0.15, 0.2) is 24.8 Å². The summed E-state index contributed by atoms with van der Waals surface area (Å²) in [6, 6.07) is 0. The molecule has 1 aliphatic rings. The molecular formula is C10H19N5. The van der Waals surface area contributed by atoms with Crippen LogP contribution in [-0.2, 0) is 0 Å². The Morgan fingerprint density at radius 3 is 2.40 bits per heavy atom. The number of unbranched alkanes of at least 4 members (excludes halogenated alkanes) is 1. The second kappa shape index (κ2) is 6.86. The fraction of sp³-hybridized carbons (Fsp3) is 0.600. The highest BCUT2D eigenvalue weighted by atomic mass is 15.3. The van der Waals surface area contributed by atoms with Crippen molar-refractivity contribution >= 4 is 0 Å². The first kappa shape index (κ1) is 11.6. The number of rotatable bonds is 3. The minimum absolute atomic E-state index is 1.07. The van der Waals surface area contributed by atoms with Crippen LogP contribution in [0.2, 0.25) is 0 Å². The molecule has 2 heterocycles. The Morgan fingerprint density at radius 1 is 1.27 bits per heavy atom. The van der Waals surface area contributed by atoms with E-state index in [9.17, 15) is 0 Å². The lowest BCUT2D eigenvalue weighted by molar-refractivity contribution is 0.293. The zero-order valence-corrected chi connectivity index (χ0v) is 9.43. The second-order valence-corrected chi connectivity index (χ2v) is 3.52. The van der Waals surface area contributed by atoms with Crippen molar-refractivity contribution in [1.29, 1.82) is 0 Å². The van der Waals surface area contributed by atoms with E-state index < -0.39 is 0 Å². The summed E-state index contributed by atoms with van der Waals surface area (Å²) in [6.07, 6.45) is 10.0. The van der Waals surface area contributed by atoms with E-state index in [0.717, 1.165) is 6.67 Å². The van der Waals surface area contributed by atoms with E-state index in [0.29, 0.717) is 0 Å². The van der Waals surface area contributed by atoms with E-state index >= 15 is 0 Å². The average Bonchev–Trinajstić information content (AvgIpc) is 2.88. The van der Waals surface area contributed by atoms with Crippen LogP contribution in [0.1, 0.15) is 19.8 Å². The lowest BCUT2D eigenvalue weighted by Crippen LogP contribution is -2.23. The number of H-pyrrole nitrogens is 1. The van der Waals surface area contributed by atoms with Crippen molar-refractivity contribution in [2.24, 2.45) is 0 Å². The predicted octanol–water partition coefficient (Wildman–Crippen LogP) is 1.27. The van der Waals surface area contributed by atoms with Crippen molar-refractivity contribution in [2.75, 3.05) is 20.3 Å². The normalized spacial score (nSPS) is 14.0. The van der Waals surface area contributed by atoms with Gasteiger partial charge in [-0.15, -0.1) is 0 Å². The smallest absolute Gasteiger partial charge is 0.0890 e. The first-order valence-corrected chi connectivity index (χ1v) is 5.25. The Hall–Kier alpha value is -1.52. The molecule has 0 spiro atoms. The molecule has 15 heavy (non-hydrogen) atoms. The summed E-state index contributed by atoms with van der Waals surface area (Å²) in [5.41, 5.74) is 0. The number of nitrogens with one attached hydrogen (secondary N) is 1. The van der Waals surface area contributed by atoms with E-state index in [1.54, 1.807) is 12.4 Å². The molecular weight excluding hydrogens is 190 g/mol. The number of aromatic nitrogens is 3. The Kier molecular flexibility index (Phi) is 5.29. The Balaban J connectivity index is 0.000000187. The SMILES string of the molecule is CCCCN1C=CN(C)C1.c1cn[nH]n1. The fourth-order valence-electron chi connectivity index (χ4n) is 1.26. The van der Waals surface area contributed by atoms with Gasteiger partial charge in [0, 0.05) is 26.0 Å². The largest absolute Gasteiger partial charge is 0.362 e. The zero-order chi connectivity index (χ0) is 10.9. The third kappa shape index (κ3) is 5.05. The first-order chi connectivity index (χ1) is 7.33. The summed E-state index contributed by atoms with van der Waals surface area (Å²) in [5, 5.41) is 9.33. The maximum atomic E-state index is 3.49. The van der Waals surface area contributed by atoms with Crippen molar-refractivity contribution in [3.8, 4) is 0 Å². The Bertz CT molecular complexity index is 240. The molecule has 0 aliphatic carbocycles. The van der Waals surface area contributed by atoms with Crippen LogP contribution < -0.4 is 0 Å². The van der Waals surface area contributed by atoms with Gasteiger partial charge in [0.25, 0.3) is 0 Å². The number of nitrogens with zero attached hydrogens (tertiary/aromatic N) is 4. The van der Waals surface area contributed by atoms with Crippen molar-refractivity contribution in [2.45, 2.75) is 19.8 Å². The fourth-order valence-corrected chi connectivity index (χ4v) is 1.26. The maximum absolute atomic E-state index is 3.49. The molecule has 2 rings (SSSR count). The molecule has 0 amide bonds. The Morgan fingerprint density at radius 2 is 2.00 bits per heavy atom. The molecule has 0 saturated heterocycles. The quantitative estimate of drug-likeness (QED) is 0.814. The molecule has 5 heteroatoms. The van der Waals surface area contributed by atoms with Gasteiger partial charge in [-0.3, -0.25) is 0 Å². The molecule has 0 aromatic carbocycles. The molecule has 0 radical (unpaired) electrons. The van der Waals surface area contributed by atoms with Crippen molar-refractivity contribution in [3.63, 3.8) is 0 Å². The first-order valence-electron chi connectivity index (χ1n) is 5.25. The molecule has 1 aromatic rings. The summed E-state index contributed by atoms with van der Waals surface area (Å²) in [5.74, 6) is 0. The lowest BCUT2D eigenvalue weighted by atomic mass is 10.3. The van der Waals surface area contributed by atoms with E-state index in [1.807, 2.05) is 0 Å². The van der Waals surface area contributed by atoms with Gasteiger partial charge in [0.15, 0.2) is 0 Å². The van der Waals surface area contributed by atoms with Crippen molar-refractivity contribution in [1.82, 2.24) is 25.2 Å². The molecule has 1 aromatic heterocycles. The summed E-state index contributed by atoms with van der Waals surface area (Å²) in [4.78, 5) is 4.53. The van der Waals surface area contributed by atoms with E-state index in [2.05, 4.69) is 51.6 Å². The molecule has 1 aliphatic heterocycles. The van der Waals surface area contributed by atoms with E-state index in [4.69, 9.17) is 0 Å². The minimum atomic E-state index is 1.07. The number of hydrogen-bond donors (Lipinski definition) is 1. The number of hydrogen-bond acceptors (Lipinski definition) is 4. The molecule has 84 valence electrons. The maximum Gasteiger partial charge on any atom is 0.0890 e. The van der Waals surface area contributed by atoms with Gasteiger partial charge in [-0.05, 0) is 6.42 Å². The lowest BCUT2D eigenvalue weighted by Gasteiger charge is -2.17. The van der Waals surface area contributed by atoms with E-state index in [1.165, 1.54) is 19.4 Å². The third-order valence-electron chi connectivity index (χ3n) is 2.07. The van der Waals surface area contributed by atoms with Crippen LogP contribution in [0.5, 0.6) is 0 Å². The third-order valence-corrected chi connectivity index (χ3v) is 2.07. The molecule has 0 atom stereocenters. The highest BCUT2D eigenvalue weighted by molar-refractivity contribution is 4.88. The van der Waals surface area contributed by atoms with Gasteiger partial charge >= 0.3 is 0 Å². The minimum Gasteiger partial charge on any atom is -0.362 e. The molecule has 5 nitrogen and oxygen atoms in total. The van der Waals surface area contributed by atoms with Gasteiger partial charge in [0.05, 0.1) is 19.1 Å². The van der Waals surface area contributed by atoms with E-state index in [-0.39, 0.29) is 0 Å². The van der Waals surface area contributed by atoms with Crippen LogP contribution in [0.25, 0.3) is 0 Å².